The Hall–Kier alpha value is -1.72. The molecule has 0 aliphatic rings. The van der Waals surface area contributed by atoms with E-state index in [2.05, 4.69) is 20.3 Å². The lowest BCUT2D eigenvalue weighted by molar-refractivity contribution is 0.514. The van der Waals surface area contributed by atoms with E-state index in [1.54, 1.807) is 12.7 Å². The zero-order chi connectivity index (χ0) is 10.7. The smallest absolute Gasteiger partial charge is 0.147 e. The molecule has 2 aromatic heterocycles. The van der Waals surface area contributed by atoms with Crippen molar-refractivity contribution in [1.29, 1.82) is 0 Å². The zero-order valence-electron chi connectivity index (χ0n) is 8.96. The normalized spacial score (nSPS) is 10.8. The quantitative estimate of drug-likeness (QED) is 0.734. The van der Waals surface area contributed by atoms with Crippen LogP contribution in [0.2, 0.25) is 0 Å². The van der Waals surface area contributed by atoms with Crippen LogP contribution in [0, 0.1) is 13.8 Å². The zero-order valence-corrected chi connectivity index (χ0v) is 8.96. The summed E-state index contributed by atoms with van der Waals surface area (Å²) in [4.78, 5) is 4.25. The van der Waals surface area contributed by atoms with Gasteiger partial charge in [-0.05, 0) is 20.3 Å². The summed E-state index contributed by atoms with van der Waals surface area (Å²) < 4.78 is 3.89. The standard InChI is InChI=1S/C9H14N6/c1-8-12-9(2)15(13-8)5-3-4-14-6-10-11-7-14/h6-7H,3-5H2,1-2H3. The van der Waals surface area contributed by atoms with Crippen molar-refractivity contribution in [2.24, 2.45) is 0 Å². The van der Waals surface area contributed by atoms with Crippen LogP contribution in [0.4, 0.5) is 0 Å². The summed E-state index contributed by atoms with van der Waals surface area (Å²) in [6, 6.07) is 0. The Morgan fingerprint density at radius 3 is 2.47 bits per heavy atom. The molecule has 2 heterocycles. The third-order valence-electron chi connectivity index (χ3n) is 2.22. The van der Waals surface area contributed by atoms with Gasteiger partial charge >= 0.3 is 0 Å². The van der Waals surface area contributed by atoms with Gasteiger partial charge in [-0.3, -0.25) is 4.68 Å². The predicted octanol–water partition coefficient (Wildman–Crippen LogP) is 0.577. The molecule has 0 aromatic carbocycles. The van der Waals surface area contributed by atoms with Crippen molar-refractivity contribution in [1.82, 2.24) is 29.5 Å². The lowest BCUT2D eigenvalue weighted by Gasteiger charge is -2.03. The highest BCUT2D eigenvalue weighted by atomic mass is 15.3. The van der Waals surface area contributed by atoms with Gasteiger partial charge in [-0.15, -0.1) is 10.2 Å². The van der Waals surface area contributed by atoms with Crippen LogP contribution in [0.25, 0.3) is 0 Å². The van der Waals surface area contributed by atoms with Gasteiger partial charge in [-0.2, -0.15) is 5.10 Å². The van der Waals surface area contributed by atoms with Crippen LogP contribution in [-0.2, 0) is 13.1 Å². The van der Waals surface area contributed by atoms with Crippen LogP contribution in [0.15, 0.2) is 12.7 Å². The Labute approximate surface area is 88.0 Å². The Balaban J connectivity index is 1.86. The number of aromatic nitrogens is 6. The molecule has 0 N–H and O–H groups in total. The lowest BCUT2D eigenvalue weighted by atomic mass is 10.4. The molecule has 0 spiro atoms. The molecule has 15 heavy (non-hydrogen) atoms. The molecular formula is C9H14N6. The minimum atomic E-state index is 0.830. The molecule has 0 atom stereocenters. The average Bonchev–Trinajstić information content (AvgIpc) is 2.77. The molecule has 0 unspecified atom stereocenters. The van der Waals surface area contributed by atoms with Gasteiger partial charge in [0.15, 0.2) is 0 Å². The summed E-state index contributed by atoms with van der Waals surface area (Å²) in [6.07, 6.45) is 4.45. The van der Waals surface area contributed by atoms with E-state index in [1.165, 1.54) is 0 Å². The van der Waals surface area contributed by atoms with Gasteiger partial charge in [-0.1, -0.05) is 0 Å². The van der Waals surface area contributed by atoms with Gasteiger partial charge in [0.1, 0.15) is 24.3 Å². The van der Waals surface area contributed by atoms with Crippen molar-refractivity contribution in [2.75, 3.05) is 0 Å². The maximum absolute atomic E-state index is 4.29. The third kappa shape index (κ3) is 2.39. The summed E-state index contributed by atoms with van der Waals surface area (Å²) in [5, 5.41) is 11.8. The molecule has 0 saturated heterocycles. The van der Waals surface area contributed by atoms with Crippen molar-refractivity contribution >= 4 is 0 Å². The topological polar surface area (TPSA) is 61.4 Å². The largest absolute Gasteiger partial charge is 0.320 e. The predicted molar refractivity (Wildman–Crippen MR) is 54.1 cm³/mol. The van der Waals surface area contributed by atoms with E-state index < -0.39 is 0 Å². The molecule has 0 amide bonds. The second kappa shape index (κ2) is 4.20. The van der Waals surface area contributed by atoms with Gasteiger partial charge < -0.3 is 4.57 Å². The molecule has 2 aromatic rings. The van der Waals surface area contributed by atoms with E-state index in [-0.39, 0.29) is 0 Å². The Morgan fingerprint density at radius 1 is 1.13 bits per heavy atom. The third-order valence-corrected chi connectivity index (χ3v) is 2.22. The molecule has 0 radical (unpaired) electrons. The van der Waals surface area contributed by atoms with E-state index in [0.717, 1.165) is 31.2 Å². The molecule has 2 rings (SSSR count). The van der Waals surface area contributed by atoms with Gasteiger partial charge in [0.05, 0.1) is 0 Å². The highest BCUT2D eigenvalue weighted by molar-refractivity contribution is 4.87. The highest BCUT2D eigenvalue weighted by Crippen LogP contribution is 1.98. The number of aryl methyl sites for hydroxylation is 4. The van der Waals surface area contributed by atoms with E-state index in [9.17, 15) is 0 Å². The Kier molecular flexibility index (Phi) is 2.75. The number of rotatable bonds is 4. The monoisotopic (exact) mass is 206 g/mol. The van der Waals surface area contributed by atoms with Crippen molar-refractivity contribution < 1.29 is 0 Å². The first-order valence-electron chi connectivity index (χ1n) is 4.96. The SMILES string of the molecule is Cc1nc(C)n(CCCn2cnnc2)n1. The number of nitrogens with zero attached hydrogens (tertiary/aromatic N) is 6. The maximum Gasteiger partial charge on any atom is 0.147 e. The van der Waals surface area contributed by atoms with Crippen molar-refractivity contribution in [3.8, 4) is 0 Å². The molecule has 80 valence electrons. The summed E-state index contributed by atoms with van der Waals surface area (Å²) in [7, 11) is 0. The highest BCUT2D eigenvalue weighted by Gasteiger charge is 2.01. The minimum Gasteiger partial charge on any atom is -0.320 e. The first kappa shape index (κ1) is 9.82. The summed E-state index contributed by atoms with van der Waals surface area (Å²) in [5.74, 6) is 1.80. The summed E-state index contributed by atoms with van der Waals surface area (Å²) >= 11 is 0. The molecule has 0 bridgehead atoms. The molecule has 0 aliphatic carbocycles. The number of hydrogen-bond donors (Lipinski definition) is 0. The average molecular weight is 206 g/mol. The molecular weight excluding hydrogens is 192 g/mol. The van der Waals surface area contributed by atoms with Crippen LogP contribution in [0.1, 0.15) is 18.1 Å². The Bertz CT molecular complexity index is 416. The van der Waals surface area contributed by atoms with Gasteiger partial charge in [0.2, 0.25) is 0 Å². The van der Waals surface area contributed by atoms with Crippen molar-refractivity contribution in [3.05, 3.63) is 24.3 Å². The fraction of sp³-hybridized carbons (Fsp3) is 0.556. The molecule has 6 heteroatoms. The second-order valence-electron chi connectivity index (χ2n) is 3.48. The van der Waals surface area contributed by atoms with Gasteiger partial charge in [0.25, 0.3) is 0 Å². The Morgan fingerprint density at radius 2 is 1.87 bits per heavy atom. The van der Waals surface area contributed by atoms with Crippen molar-refractivity contribution in [2.45, 2.75) is 33.4 Å². The van der Waals surface area contributed by atoms with E-state index in [0.29, 0.717) is 0 Å². The number of hydrogen-bond acceptors (Lipinski definition) is 4. The van der Waals surface area contributed by atoms with Crippen LogP contribution >= 0.6 is 0 Å². The van der Waals surface area contributed by atoms with E-state index in [1.807, 2.05) is 23.1 Å². The molecule has 0 aliphatic heterocycles. The maximum atomic E-state index is 4.29. The van der Waals surface area contributed by atoms with E-state index >= 15 is 0 Å². The minimum absolute atomic E-state index is 0.830. The summed E-state index contributed by atoms with van der Waals surface area (Å²) in [6.45, 7) is 5.66. The summed E-state index contributed by atoms with van der Waals surface area (Å²) in [5.41, 5.74) is 0. The van der Waals surface area contributed by atoms with Crippen molar-refractivity contribution in [3.63, 3.8) is 0 Å². The molecule has 6 nitrogen and oxygen atoms in total. The van der Waals surface area contributed by atoms with Crippen LogP contribution in [0.3, 0.4) is 0 Å². The first-order chi connectivity index (χ1) is 7.25. The lowest BCUT2D eigenvalue weighted by Crippen LogP contribution is -2.06. The molecule has 0 saturated carbocycles. The van der Waals surface area contributed by atoms with Crippen LogP contribution in [0.5, 0.6) is 0 Å². The van der Waals surface area contributed by atoms with Crippen LogP contribution in [-0.4, -0.2) is 29.5 Å². The van der Waals surface area contributed by atoms with E-state index in [4.69, 9.17) is 0 Å². The fourth-order valence-corrected chi connectivity index (χ4v) is 1.51. The second-order valence-corrected chi connectivity index (χ2v) is 3.48. The van der Waals surface area contributed by atoms with Crippen LogP contribution < -0.4 is 0 Å². The van der Waals surface area contributed by atoms with Gasteiger partial charge in [-0.25, -0.2) is 4.98 Å². The van der Waals surface area contributed by atoms with Gasteiger partial charge in [0, 0.05) is 13.1 Å². The molecule has 0 fully saturated rings. The fourth-order valence-electron chi connectivity index (χ4n) is 1.51. The first-order valence-corrected chi connectivity index (χ1v) is 4.96.